The lowest BCUT2D eigenvalue weighted by atomic mass is 10.1. The van der Waals surface area contributed by atoms with Crippen molar-refractivity contribution in [3.8, 4) is 6.07 Å². The van der Waals surface area contributed by atoms with E-state index in [1.807, 2.05) is 13.0 Å². The molecule has 1 N–H and O–H groups in total. The van der Waals surface area contributed by atoms with Gasteiger partial charge in [-0.2, -0.15) is 5.26 Å². The van der Waals surface area contributed by atoms with Crippen LogP contribution in [0.3, 0.4) is 0 Å². The molecule has 0 saturated heterocycles. The topological polar surface area (TPSA) is 110 Å². The highest BCUT2D eigenvalue weighted by Crippen LogP contribution is 2.28. The lowest BCUT2D eigenvalue weighted by Crippen LogP contribution is -2.08. The molecule has 0 aliphatic carbocycles. The van der Waals surface area contributed by atoms with Crippen LogP contribution in [0, 0.1) is 21.4 Å². The number of nitrogens with zero attached hydrogens (tertiary/aromatic N) is 5. The van der Waals surface area contributed by atoms with Crippen molar-refractivity contribution < 1.29 is 4.92 Å². The van der Waals surface area contributed by atoms with Gasteiger partial charge in [-0.25, -0.2) is 9.67 Å². The first-order chi connectivity index (χ1) is 9.65. The summed E-state index contributed by atoms with van der Waals surface area (Å²) in [5.74, 6) is 0.0698. The molecule has 2 aromatic rings. The minimum Gasteiger partial charge on any atom is -0.379 e. The van der Waals surface area contributed by atoms with Crippen molar-refractivity contribution in [1.29, 1.82) is 5.26 Å². The van der Waals surface area contributed by atoms with Gasteiger partial charge >= 0.3 is 0 Å². The molecule has 8 nitrogen and oxygen atoms in total. The molecule has 0 bridgehead atoms. The normalized spacial score (nSPS) is 10.0. The number of nitro groups is 1. The Labute approximate surface area is 114 Å². The molecule has 0 spiro atoms. The monoisotopic (exact) mass is 272 g/mol. The SMILES string of the molecule is CCNc1c(Cn2cnc(C#N)n2)cccc1[N+](=O)[O-]. The molecule has 0 unspecified atom stereocenters. The third-order valence-electron chi connectivity index (χ3n) is 2.65. The van der Waals surface area contributed by atoms with E-state index >= 15 is 0 Å². The number of anilines is 1. The summed E-state index contributed by atoms with van der Waals surface area (Å²) in [6.07, 6.45) is 1.42. The molecule has 0 atom stereocenters. The maximum atomic E-state index is 11.0. The quantitative estimate of drug-likeness (QED) is 0.653. The number of para-hydroxylation sites is 1. The predicted octanol–water partition coefficient (Wildman–Crippen LogP) is 1.54. The molecule has 0 saturated carbocycles. The first-order valence-electron chi connectivity index (χ1n) is 5.95. The number of benzene rings is 1. The first kappa shape index (κ1) is 13.5. The minimum atomic E-state index is -0.427. The summed E-state index contributed by atoms with van der Waals surface area (Å²) in [4.78, 5) is 14.4. The molecule has 0 aliphatic heterocycles. The Balaban J connectivity index is 2.37. The van der Waals surface area contributed by atoms with Crippen molar-refractivity contribution in [1.82, 2.24) is 14.8 Å². The molecule has 1 heterocycles. The summed E-state index contributed by atoms with van der Waals surface area (Å²) in [6.45, 7) is 2.74. The molecule has 8 heteroatoms. The van der Waals surface area contributed by atoms with Crippen LogP contribution in [-0.4, -0.2) is 26.2 Å². The van der Waals surface area contributed by atoms with Gasteiger partial charge in [0.2, 0.25) is 0 Å². The average molecular weight is 272 g/mol. The molecule has 2 rings (SSSR count). The summed E-state index contributed by atoms with van der Waals surface area (Å²) < 4.78 is 1.47. The molecular formula is C12H12N6O2. The number of hydrogen-bond donors (Lipinski definition) is 1. The third-order valence-corrected chi connectivity index (χ3v) is 2.65. The molecule has 20 heavy (non-hydrogen) atoms. The molecule has 0 radical (unpaired) electrons. The fourth-order valence-corrected chi connectivity index (χ4v) is 1.85. The fraction of sp³-hybridized carbons (Fsp3) is 0.250. The third kappa shape index (κ3) is 2.72. The van der Waals surface area contributed by atoms with Crippen LogP contribution >= 0.6 is 0 Å². The van der Waals surface area contributed by atoms with Gasteiger partial charge in [0.25, 0.3) is 11.5 Å². The number of nitro benzene ring substituents is 1. The lowest BCUT2D eigenvalue weighted by Gasteiger charge is -2.10. The van der Waals surface area contributed by atoms with Gasteiger partial charge in [0.15, 0.2) is 0 Å². The van der Waals surface area contributed by atoms with E-state index in [2.05, 4.69) is 15.4 Å². The van der Waals surface area contributed by atoms with Gasteiger partial charge in [0.05, 0.1) is 11.5 Å². The second-order valence-corrected chi connectivity index (χ2v) is 3.98. The summed E-state index contributed by atoms with van der Waals surface area (Å²) in [7, 11) is 0. The van der Waals surface area contributed by atoms with E-state index in [1.165, 1.54) is 17.1 Å². The zero-order valence-electron chi connectivity index (χ0n) is 10.8. The minimum absolute atomic E-state index is 0.0185. The van der Waals surface area contributed by atoms with Crippen molar-refractivity contribution in [2.24, 2.45) is 0 Å². The van der Waals surface area contributed by atoms with Gasteiger partial charge in [-0.3, -0.25) is 10.1 Å². The van der Waals surface area contributed by atoms with Crippen molar-refractivity contribution in [2.75, 3.05) is 11.9 Å². The van der Waals surface area contributed by atoms with Crippen LogP contribution in [0.2, 0.25) is 0 Å². The van der Waals surface area contributed by atoms with E-state index in [1.54, 1.807) is 12.1 Å². The standard InChI is InChI=1S/C12H12N6O2/c1-2-14-12-9(4-3-5-10(12)18(19)20)7-17-8-15-11(6-13)16-17/h3-5,8,14H,2,7H2,1H3. The Morgan fingerprint density at radius 2 is 2.35 bits per heavy atom. The first-order valence-corrected chi connectivity index (χ1v) is 5.95. The van der Waals surface area contributed by atoms with Crippen LogP contribution in [0.15, 0.2) is 24.5 Å². The number of aromatic nitrogens is 3. The predicted molar refractivity (Wildman–Crippen MR) is 71.1 cm³/mol. The van der Waals surface area contributed by atoms with E-state index in [0.29, 0.717) is 18.8 Å². The largest absolute Gasteiger partial charge is 0.379 e. The smallest absolute Gasteiger partial charge is 0.292 e. The molecule has 0 aliphatic rings. The summed E-state index contributed by atoms with van der Waals surface area (Å²) in [5.41, 5.74) is 1.20. The van der Waals surface area contributed by atoms with Gasteiger partial charge in [-0.05, 0) is 6.92 Å². The molecule has 102 valence electrons. The second kappa shape index (κ2) is 5.79. The van der Waals surface area contributed by atoms with Crippen molar-refractivity contribution in [3.05, 3.63) is 46.0 Å². The second-order valence-electron chi connectivity index (χ2n) is 3.98. The van der Waals surface area contributed by atoms with Crippen molar-refractivity contribution >= 4 is 11.4 Å². The highest BCUT2D eigenvalue weighted by molar-refractivity contribution is 5.66. The number of hydrogen-bond acceptors (Lipinski definition) is 6. The number of nitrogens with one attached hydrogen (secondary N) is 1. The Bertz CT molecular complexity index is 673. The van der Waals surface area contributed by atoms with E-state index < -0.39 is 4.92 Å². The molecular weight excluding hydrogens is 260 g/mol. The van der Waals surface area contributed by atoms with E-state index in [-0.39, 0.29) is 11.5 Å². The van der Waals surface area contributed by atoms with Crippen LogP contribution in [0.1, 0.15) is 18.3 Å². The van der Waals surface area contributed by atoms with Gasteiger partial charge in [-0.1, -0.05) is 12.1 Å². The Morgan fingerprint density at radius 3 is 2.95 bits per heavy atom. The Kier molecular flexibility index (Phi) is 3.91. The van der Waals surface area contributed by atoms with Crippen LogP contribution in [-0.2, 0) is 6.54 Å². The Morgan fingerprint density at radius 1 is 1.55 bits per heavy atom. The highest BCUT2D eigenvalue weighted by Gasteiger charge is 2.17. The summed E-state index contributed by atoms with van der Waals surface area (Å²) in [6, 6.07) is 6.68. The molecule has 0 fully saturated rings. The van der Waals surface area contributed by atoms with E-state index in [0.717, 1.165) is 5.56 Å². The van der Waals surface area contributed by atoms with E-state index in [4.69, 9.17) is 5.26 Å². The fourth-order valence-electron chi connectivity index (χ4n) is 1.85. The van der Waals surface area contributed by atoms with Gasteiger partial charge < -0.3 is 5.32 Å². The maximum Gasteiger partial charge on any atom is 0.292 e. The molecule has 0 amide bonds. The van der Waals surface area contributed by atoms with E-state index in [9.17, 15) is 10.1 Å². The van der Waals surface area contributed by atoms with Crippen LogP contribution in [0.4, 0.5) is 11.4 Å². The highest BCUT2D eigenvalue weighted by atomic mass is 16.6. The van der Waals surface area contributed by atoms with Crippen LogP contribution in [0.25, 0.3) is 0 Å². The number of nitriles is 1. The average Bonchev–Trinajstić information content (AvgIpc) is 2.88. The molecule has 1 aromatic heterocycles. The van der Waals surface area contributed by atoms with Crippen LogP contribution < -0.4 is 5.32 Å². The zero-order valence-corrected chi connectivity index (χ0v) is 10.8. The van der Waals surface area contributed by atoms with Gasteiger partial charge in [0.1, 0.15) is 18.1 Å². The van der Waals surface area contributed by atoms with Gasteiger partial charge in [-0.15, -0.1) is 5.10 Å². The summed E-state index contributed by atoms with van der Waals surface area (Å²) in [5, 5.41) is 26.7. The lowest BCUT2D eigenvalue weighted by molar-refractivity contribution is -0.384. The maximum absolute atomic E-state index is 11.0. The summed E-state index contributed by atoms with van der Waals surface area (Å²) >= 11 is 0. The van der Waals surface area contributed by atoms with Crippen LogP contribution in [0.5, 0.6) is 0 Å². The zero-order chi connectivity index (χ0) is 14.5. The Hall–Kier alpha value is -2.95. The van der Waals surface area contributed by atoms with Crippen molar-refractivity contribution in [3.63, 3.8) is 0 Å². The van der Waals surface area contributed by atoms with Crippen molar-refractivity contribution in [2.45, 2.75) is 13.5 Å². The number of rotatable bonds is 5. The van der Waals surface area contributed by atoms with Gasteiger partial charge in [0, 0.05) is 18.2 Å². The molecule has 1 aromatic carbocycles.